The lowest BCUT2D eigenvalue weighted by Gasteiger charge is -1.96. The van der Waals surface area contributed by atoms with Crippen LogP contribution < -0.4 is 5.32 Å². The first-order chi connectivity index (χ1) is 9.84. The third kappa shape index (κ3) is 25.5. The first kappa shape index (κ1) is 31.2. The standard InChI is InChI=1S/C8H9NO.5C2H6/c1-9-8(10)7-5-3-2-4-6-7;5*1-2/h2-6H,1H3,(H,9,10);5*1-2H3. The zero-order valence-electron chi connectivity index (χ0n) is 15.8. The van der Waals surface area contributed by atoms with E-state index in [1.54, 1.807) is 19.2 Å². The summed E-state index contributed by atoms with van der Waals surface area (Å²) >= 11 is 0. The minimum Gasteiger partial charge on any atom is -0.355 e. The average molecular weight is 286 g/mol. The number of carbonyl (C=O) groups is 1. The third-order valence-electron chi connectivity index (χ3n) is 1.26. The summed E-state index contributed by atoms with van der Waals surface area (Å²) in [6, 6.07) is 9.11. The van der Waals surface area contributed by atoms with Crippen LogP contribution in [0.2, 0.25) is 0 Å². The SMILES string of the molecule is CC.CC.CC.CC.CC.CNC(=O)c1ccccc1. The second kappa shape index (κ2) is 43.1. The third-order valence-corrected chi connectivity index (χ3v) is 1.26. The number of hydrogen-bond acceptors (Lipinski definition) is 1. The minimum atomic E-state index is -0.0411. The molecule has 2 heteroatoms. The van der Waals surface area contributed by atoms with Crippen LogP contribution in [0.5, 0.6) is 0 Å². The molecular formula is C18H39NO. The van der Waals surface area contributed by atoms with Gasteiger partial charge in [0.2, 0.25) is 0 Å². The van der Waals surface area contributed by atoms with Gasteiger partial charge in [0.05, 0.1) is 0 Å². The monoisotopic (exact) mass is 285 g/mol. The molecule has 0 spiro atoms. The Hall–Kier alpha value is -1.31. The highest BCUT2D eigenvalue weighted by molar-refractivity contribution is 5.93. The molecule has 2 nitrogen and oxygen atoms in total. The fourth-order valence-electron chi connectivity index (χ4n) is 0.734. The van der Waals surface area contributed by atoms with Gasteiger partial charge in [-0.25, -0.2) is 0 Å². The molecular weight excluding hydrogens is 246 g/mol. The molecule has 0 saturated heterocycles. The van der Waals surface area contributed by atoms with E-state index in [4.69, 9.17) is 0 Å². The van der Waals surface area contributed by atoms with Gasteiger partial charge in [-0.15, -0.1) is 0 Å². The van der Waals surface area contributed by atoms with Gasteiger partial charge < -0.3 is 5.32 Å². The first-order valence-electron chi connectivity index (χ1n) is 8.11. The van der Waals surface area contributed by atoms with Gasteiger partial charge in [0.15, 0.2) is 0 Å². The molecule has 0 aliphatic rings. The Morgan fingerprint density at radius 1 is 0.700 bits per heavy atom. The number of nitrogens with one attached hydrogen (secondary N) is 1. The number of hydrogen-bond donors (Lipinski definition) is 1. The Bertz CT molecular complexity index is 220. The van der Waals surface area contributed by atoms with E-state index >= 15 is 0 Å². The summed E-state index contributed by atoms with van der Waals surface area (Å²) < 4.78 is 0. The lowest BCUT2D eigenvalue weighted by atomic mass is 10.2. The number of rotatable bonds is 1. The zero-order chi connectivity index (χ0) is 17.4. The molecule has 1 rings (SSSR count). The predicted octanol–water partition coefficient (Wildman–Crippen LogP) is 6.18. The van der Waals surface area contributed by atoms with Crippen LogP contribution >= 0.6 is 0 Å². The molecule has 20 heavy (non-hydrogen) atoms. The Morgan fingerprint density at radius 3 is 1.25 bits per heavy atom. The van der Waals surface area contributed by atoms with Crippen LogP contribution in [0.4, 0.5) is 0 Å². The summed E-state index contributed by atoms with van der Waals surface area (Å²) in [6.07, 6.45) is 0. The van der Waals surface area contributed by atoms with Crippen molar-refractivity contribution >= 4 is 5.91 Å². The van der Waals surface area contributed by atoms with Crippen molar-refractivity contribution in [2.75, 3.05) is 7.05 Å². The van der Waals surface area contributed by atoms with Crippen molar-refractivity contribution in [2.24, 2.45) is 0 Å². The first-order valence-corrected chi connectivity index (χ1v) is 8.11. The van der Waals surface area contributed by atoms with Crippen molar-refractivity contribution < 1.29 is 4.79 Å². The number of benzene rings is 1. The Morgan fingerprint density at radius 2 is 1.00 bits per heavy atom. The van der Waals surface area contributed by atoms with Gasteiger partial charge in [0.1, 0.15) is 0 Å². The highest BCUT2D eigenvalue weighted by atomic mass is 16.1. The molecule has 0 aromatic heterocycles. The molecule has 0 bridgehead atoms. The maximum atomic E-state index is 10.9. The average Bonchev–Trinajstić information content (AvgIpc) is 2.63. The van der Waals surface area contributed by atoms with Crippen molar-refractivity contribution in [2.45, 2.75) is 69.2 Å². The van der Waals surface area contributed by atoms with Gasteiger partial charge in [-0.1, -0.05) is 87.4 Å². The van der Waals surface area contributed by atoms with Gasteiger partial charge in [0, 0.05) is 12.6 Å². The maximum Gasteiger partial charge on any atom is 0.251 e. The summed E-state index contributed by atoms with van der Waals surface area (Å²) in [5.74, 6) is -0.0411. The summed E-state index contributed by atoms with van der Waals surface area (Å²) in [5.41, 5.74) is 0.699. The van der Waals surface area contributed by atoms with Crippen molar-refractivity contribution in [1.82, 2.24) is 5.32 Å². The fraction of sp³-hybridized carbons (Fsp3) is 0.611. The maximum absolute atomic E-state index is 10.9. The van der Waals surface area contributed by atoms with Crippen LogP contribution in [0.1, 0.15) is 79.6 Å². The lowest BCUT2D eigenvalue weighted by molar-refractivity contribution is 0.0963. The van der Waals surface area contributed by atoms with E-state index < -0.39 is 0 Å². The summed E-state index contributed by atoms with van der Waals surface area (Å²) in [5, 5.41) is 2.54. The molecule has 0 aliphatic heterocycles. The van der Waals surface area contributed by atoms with E-state index in [0.717, 1.165) is 0 Å². The van der Waals surface area contributed by atoms with Gasteiger partial charge in [0.25, 0.3) is 5.91 Å². The largest absolute Gasteiger partial charge is 0.355 e. The zero-order valence-corrected chi connectivity index (χ0v) is 15.8. The molecule has 1 aromatic rings. The van der Waals surface area contributed by atoms with E-state index in [2.05, 4.69) is 5.32 Å². The van der Waals surface area contributed by atoms with Crippen LogP contribution in [0.25, 0.3) is 0 Å². The van der Waals surface area contributed by atoms with Crippen LogP contribution in [-0.2, 0) is 0 Å². The highest BCUT2D eigenvalue weighted by Gasteiger charge is 1.97. The van der Waals surface area contributed by atoms with Gasteiger partial charge >= 0.3 is 0 Å². The predicted molar refractivity (Wildman–Crippen MR) is 96.6 cm³/mol. The van der Waals surface area contributed by atoms with Crippen LogP contribution in [-0.4, -0.2) is 13.0 Å². The quantitative estimate of drug-likeness (QED) is 0.656. The molecule has 0 radical (unpaired) electrons. The van der Waals surface area contributed by atoms with Gasteiger partial charge in [-0.3, -0.25) is 4.79 Å². The topological polar surface area (TPSA) is 29.1 Å². The van der Waals surface area contributed by atoms with Crippen LogP contribution in [0, 0.1) is 0 Å². The second-order valence-electron chi connectivity index (χ2n) is 1.95. The van der Waals surface area contributed by atoms with E-state index in [9.17, 15) is 4.79 Å². The molecule has 0 heterocycles. The Kier molecular flexibility index (Phi) is 67.3. The highest BCUT2D eigenvalue weighted by Crippen LogP contribution is 1.96. The normalized spacial score (nSPS) is 5.95. The molecule has 1 aromatic carbocycles. The molecule has 0 aliphatic carbocycles. The van der Waals surface area contributed by atoms with Crippen molar-refractivity contribution in [3.05, 3.63) is 35.9 Å². The summed E-state index contributed by atoms with van der Waals surface area (Å²) in [4.78, 5) is 10.9. The minimum absolute atomic E-state index is 0.0411. The smallest absolute Gasteiger partial charge is 0.251 e. The van der Waals surface area contributed by atoms with Crippen molar-refractivity contribution in [3.8, 4) is 0 Å². The van der Waals surface area contributed by atoms with Gasteiger partial charge in [-0.05, 0) is 12.1 Å². The molecule has 0 atom stereocenters. The molecule has 1 N–H and O–H groups in total. The molecule has 0 fully saturated rings. The molecule has 122 valence electrons. The number of carbonyl (C=O) groups excluding carboxylic acids is 1. The summed E-state index contributed by atoms with van der Waals surface area (Å²) in [6.45, 7) is 20.0. The number of amides is 1. The van der Waals surface area contributed by atoms with E-state index in [-0.39, 0.29) is 5.91 Å². The molecule has 0 unspecified atom stereocenters. The van der Waals surface area contributed by atoms with E-state index in [1.165, 1.54) is 0 Å². The Balaban J connectivity index is -0.0000000639. The van der Waals surface area contributed by atoms with Crippen molar-refractivity contribution in [3.63, 3.8) is 0 Å². The van der Waals surface area contributed by atoms with E-state index in [1.807, 2.05) is 87.4 Å². The van der Waals surface area contributed by atoms with Crippen molar-refractivity contribution in [1.29, 1.82) is 0 Å². The fourth-order valence-corrected chi connectivity index (χ4v) is 0.734. The molecule has 1 amide bonds. The Labute approximate surface area is 129 Å². The van der Waals surface area contributed by atoms with E-state index in [0.29, 0.717) is 5.56 Å². The summed E-state index contributed by atoms with van der Waals surface area (Å²) in [7, 11) is 1.62. The van der Waals surface area contributed by atoms with Crippen LogP contribution in [0.3, 0.4) is 0 Å². The lowest BCUT2D eigenvalue weighted by Crippen LogP contribution is -2.17. The second-order valence-corrected chi connectivity index (χ2v) is 1.95. The van der Waals surface area contributed by atoms with Gasteiger partial charge in [-0.2, -0.15) is 0 Å². The van der Waals surface area contributed by atoms with Crippen LogP contribution in [0.15, 0.2) is 30.3 Å². The molecule has 0 saturated carbocycles.